The van der Waals surface area contributed by atoms with E-state index in [1.165, 1.54) is 19.3 Å². The Bertz CT molecular complexity index is 301. The molecule has 0 aliphatic heterocycles. The molecule has 0 aromatic heterocycles. The van der Waals surface area contributed by atoms with Crippen LogP contribution in [0.2, 0.25) is 0 Å². The average Bonchev–Trinajstić information content (AvgIpc) is 1.99. The van der Waals surface area contributed by atoms with Crippen LogP contribution in [-0.4, -0.2) is 6.61 Å². The molecule has 0 heterocycles. The molecule has 1 aliphatic carbocycles. The van der Waals surface area contributed by atoms with Gasteiger partial charge in [0.15, 0.2) is 0 Å². The number of hydrogen-bond donors (Lipinski definition) is 0. The summed E-state index contributed by atoms with van der Waals surface area (Å²) in [6, 6.07) is 6.02. The molecule has 1 nitrogen and oxygen atoms in total. The summed E-state index contributed by atoms with van der Waals surface area (Å²) in [6.07, 6.45) is 4.03. The van der Waals surface area contributed by atoms with E-state index >= 15 is 0 Å². The van der Waals surface area contributed by atoms with Crippen molar-refractivity contribution in [3.63, 3.8) is 0 Å². The van der Waals surface area contributed by atoms with Gasteiger partial charge >= 0.3 is 0 Å². The van der Waals surface area contributed by atoms with Crippen molar-refractivity contribution in [1.82, 2.24) is 0 Å². The first-order valence-corrected chi connectivity index (χ1v) is 6.41. The van der Waals surface area contributed by atoms with Crippen LogP contribution in [0.1, 0.15) is 19.3 Å². The van der Waals surface area contributed by atoms with Gasteiger partial charge < -0.3 is 4.74 Å². The van der Waals surface area contributed by atoms with Crippen LogP contribution in [0.4, 0.5) is 0 Å². The lowest BCUT2D eigenvalue weighted by atomic mass is 9.86. The Balaban J connectivity index is 1.94. The lowest BCUT2D eigenvalue weighted by Gasteiger charge is -2.25. The van der Waals surface area contributed by atoms with Gasteiger partial charge in [-0.1, -0.05) is 38.3 Å². The van der Waals surface area contributed by atoms with Gasteiger partial charge in [0.2, 0.25) is 0 Å². The predicted octanol–water partition coefficient (Wildman–Crippen LogP) is 4.39. The molecule has 1 saturated carbocycles. The smallest absolute Gasteiger partial charge is 0.121 e. The summed E-state index contributed by atoms with van der Waals surface area (Å²) in [6.45, 7) is 0.864. The van der Waals surface area contributed by atoms with Crippen molar-refractivity contribution in [2.45, 2.75) is 19.3 Å². The summed E-state index contributed by atoms with van der Waals surface area (Å²) in [5, 5.41) is 0. The zero-order valence-corrected chi connectivity index (χ0v) is 11.0. The Hall–Kier alpha value is -0.0200. The monoisotopic (exact) mass is 318 g/mol. The molecule has 1 fully saturated rings. The van der Waals surface area contributed by atoms with Crippen LogP contribution >= 0.6 is 31.9 Å². The first-order chi connectivity index (χ1) is 6.74. The van der Waals surface area contributed by atoms with E-state index in [1.807, 2.05) is 18.2 Å². The minimum atomic E-state index is 0.785. The molecule has 0 amide bonds. The minimum Gasteiger partial charge on any atom is -0.493 e. The van der Waals surface area contributed by atoms with Crippen LogP contribution in [-0.2, 0) is 0 Å². The minimum absolute atomic E-state index is 0.785. The first kappa shape index (κ1) is 10.5. The Morgan fingerprint density at radius 3 is 2.29 bits per heavy atom. The molecule has 0 atom stereocenters. The van der Waals surface area contributed by atoms with Crippen molar-refractivity contribution >= 4 is 31.9 Å². The average molecular weight is 320 g/mol. The molecular weight excluding hydrogens is 308 g/mol. The quantitative estimate of drug-likeness (QED) is 0.803. The van der Waals surface area contributed by atoms with Gasteiger partial charge in [-0.05, 0) is 37.0 Å². The van der Waals surface area contributed by atoms with Crippen molar-refractivity contribution in [2.24, 2.45) is 5.92 Å². The third-order valence-corrected chi connectivity index (χ3v) is 3.46. The van der Waals surface area contributed by atoms with Gasteiger partial charge in [0.05, 0.1) is 6.61 Å². The van der Waals surface area contributed by atoms with E-state index in [2.05, 4.69) is 31.9 Å². The molecule has 3 heteroatoms. The van der Waals surface area contributed by atoms with Gasteiger partial charge in [-0.15, -0.1) is 0 Å². The largest absolute Gasteiger partial charge is 0.493 e. The van der Waals surface area contributed by atoms with E-state index in [0.717, 1.165) is 27.2 Å². The summed E-state index contributed by atoms with van der Waals surface area (Å²) < 4.78 is 7.81. The van der Waals surface area contributed by atoms with Gasteiger partial charge in [-0.25, -0.2) is 0 Å². The summed E-state index contributed by atoms with van der Waals surface area (Å²) in [4.78, 5) is 0. The number of benzene rings is 1. The Labute approximate surface area is 101 Å². The lowest BCUT2D eigenvalue weighted by Crippen LogP contribution is -2.19. The molecule has 1 aromatic rings. The summed E-state index contributed by atoms with van der Waals surface area (Å²) >= 11 is 6.88. The molecule has 0 spiro atoms. The normalized spacial score (nSPS) is 16.4. The molecule has 0 saturated heterocycles. The zero-order chi connectivity index (χ0) is 9.97. The van der Waals surface area contributed by atoms with Crippen molar-refractivity contribution in [1.29, 1.82) is 0 Å². The van der Waals surface area contributed by atoms with Crippen LogP contribution < -0.4 is 4.74 Å². The Kier molecular flexibility index (Phi) is 3.50. The van der Waals surface area contributed by atoms with E-state index in [4.69, 9.17) is 4.74 Å². The van der Waals surface area contributed by atoms with Crippen molar-refractivity contribution < 1.29 is 4.74 Å². The molecule has 0 unspecified atom stereocenters. The molecule has 14 heavy (non-hydrogen) atoms. The Morgan fingerprint density at radius 1 is 1.14 bits per heavy atom. The molecule has 1 aliphatic rings. The van der Waals surface area contributed by atoms with Crippen LogP contribution in [0.15, 0.2) is 27.1 Å². The fourth-order valence-electron chi connectivity index (χ4n) is 1.49. The van der Waals surface area contributed by atoms with E-state index in [9.17, 15) is 0 Å². The molecule has 0 bridgehead atoms. The number of halogens is 2. The zero-order valence-electron chi connectivity index (χ0n) is 7.80. The maximum Gasteiger partial charge on any atom is 0.121 e. The highest BCUT2D eigenvalue weighted by atomic mass is 79.9. The topological polar surface area (TPSA) is 9.23 Å². The van der Waals surface area contributed by atoms with Gasteiger partial charge in [0.1, 0.15) is 5.75 Å². The predicted molar refractivity (Wildman–Crippen MR) is 64.7 cm³/mol. The molecule has 2 rings (SSSR count). The number of hydrogen-bond acceptors (Lipinski definition) is 1. The summed E-state index contributed by atoms with van der Waals surface area (Å²) in [5.74, 6) is 1.73. The third-order valence-electron chi connectivity index (χ3n) is 2.55. The van der Waals surface area contributed by atoms with Crippen LogP contribution in [0, 0.1) is 5.92 Å². The van der Waals surface area contributed by atoms with Gasteiger partial charge in [-0.3, -0.25) is 0 Å². The standard InChI is InChI=1S/C11H12Br2O/c12-9-4-10(13)6-11(5-9)14-7-8-2-1-3-8/h4-6,8H,1-3,7H2. The van der Waals surface area contributed by atoms with Gasteiger partial charge in [0, 0.05) is 8.95 Å². The molecular formula is C11H12Br2O. The number of rotatable bonds is 3. The van der Waals surface area contributed by atoms with Crippen molar-refractivity contribution in [3.05, 3.63) is 27.1 Å². The Morgan fingerprint density at radius 2 is 1.79 bits per heavy atom. The van der Waals surface area contributed by atoms with Gasteiger partial charge in [-0.2, -0.15) is 0 Å². The fourth-order valence-corrected chi connectivity index (χ4v) is 2.74. The van der Waals surface area contributed by atoms with E-state index in [-0.39, 0.29) is 0 Å². The third kappa shape index (κ3) is 2.74. The summed E-state index contributed by atoms with van der Waals surface area (Å²) in [5.41, 5.74) is 0. The van der Waals surface area contributed by atoms with Crippen LogP contribution in [0.5, 0.6) is 5.75 Å². The maximum atomic E-state index is 5.71. The number of ether oxygens (including phenoxy) is 1. The SMILES string of the molecule is Brc1cc(Br)cc(OCC2CCC2)c1. The fraction of sp³-hybridized carbons (Fsp3) is 0.455. The highest BCUT2D eigenvalue weighted by Crippen LogP contribution is 2.29. The molecule has 1 aromatic carbocycles. The van der Waals surface area contributed by atoms with Crippen LogP contribution in [0.25, 0.3) is 0 Å². The second-order valence-corrected chi connectivity index (χ2v) is 5.54. The molecule has 76 valence electrons. The van der Waals surface area contributed by atoms with E-state index in [0.29, 0.717) is 0 Å². The second kappa shape index (κ2) is 4.67. The molecule has 0 radical (unpaired) electrons. The summed E-state index contributed by atoms with van der Waals surface area (Å²) in [7, 11) is 0. The highest BCUT2D eigenvalue weighted by Gasteiger charge is 2.17. The van der Waals surface area contributed by atoms with Gasteiger partial charge in [0.25, 0.3) is 0 Å². The maximum absolute atomic E-state index is 5.71. The molecule has 0 N–H and O–H groups in total. The first-order valence-electron chi connectivity index (χ1n) is 4.83. The van der Waals surface area contributed by atoms with Crippen molar-refractivity contribution in [3.8, 4) is 5.75 Å². The van der Waals surface area contributed by atoms with E-state index < -0.39 is 0 Å². The second-order valence-electron chi connectivity index (χ2n) is 3.71. The highest BCUT2D eigenvalue weighted by molar-refractivity contribution is 9.11. The van der Waals surface area contributed by atoms with Crippen LogP contribution in [0.3, 0.4) is 0 Å². The van der Waals surface area contributed by atoms with E-state index in [1.54, 1.807) is 0 Å². The lowest BCUT2D eigenvalue weighted by molar-refractivity contribution is 0.180. The van der Waals surface area contributed by atoms with Crippen molar-refractivity contribution in [2.75, 3.05) is 6.61 Å².